The quantitative estimate of drug-likeness (QED) is 0.288. The van der Waals surface area contributed by atoms with E-state index >= 15 is 0 Å². The summed E-state index contributed by atoms with van der Waals surface area (Å²) in [6, 6.07) is 17.6. The van der Waals surface area contributed by atoms with Crippen LogP contribution in [0, 0.1) is 0 Å². The fourth-order valence-electron chi connectivity index (χ4n) is 2.62. The Kier molecular flexibility index (Phi) is 6.20. The molecular weight excluding hydrogens is 418 g/mol. The van der Waals surface area contributed by atoms with Crippen molar-refractivity contribution in [3.05, 3.63) is 66.1 Å². The number of benzene rings is 2. The number of anilines is 2. The second-order valence-electron chi connectivity index (χ2n) is 6.77. The average Bonchev–Trinajstić information content (AvgIpc) is 3.43. The van der Waals surface area contributed by atoms with E-state index in [1.807, 2.05) is 42.5 Å². The van der Waals surface area contributed by atoms with Crippen LogP contribution >= 0.6 is 23.1 Å². The Morgan fingerprint density at radius 3 is 2.53 bits per heavy atom. The SMILES string of the molecule is CC(C)c1ccc(Nc2nnc(SCC(=O)c3nnc(-c4ccccc4)o3)s2)cc1. The molecule has 0 amide bonds. The van der Waals surface area contributed by atoms with Gasteiger partial charge in [0.15, 0.2) is 4.34 Å². The third-order valence-corrected chi connectivity index (χ3v) is 6.22. The van der Waals surface area contributed by atoms with Crippen LogP contribution in [0.2, 0.25) is 0 Å². The van der Waals surface area contributed by atoms with Gasteiger partial charge in [0, 0.05) is 11.3 Å². The Morgan fingerprint density at radius 1 is 1.03 bits per heavy atom. The highest BCUT2D eigenvalue weighted by atomic mass is 32.2. The highest BCUT2D eigenvalue weighted by molar-refractivity contribution is 8.01. The predicted octanol–water partition coefficient (Wildman–Crippen LogP) is 5.43. The van der Waals surface area contributed by atoms with Gasteiger partial charge in [0.25, 0.3) is 5.89 Å². The Hall–Kier alpha value is -3.04. The van der Waals surface area contributed by atoms with Crippen LogP contribution in [0.15, 0.2) is 63.4 Å². The zero-order valence-corrected chi connectivity index (χ0v) is 18.0. The summed E-state index contributed by atoms with van der Waals surface area (Å²) >= 11 is 2.68. The normalized spacial score (nSPS) is 11.0. The lowest BCUT2D eigenvalue weighted by atomic mass is 10.0. The number of rotatable bonds is 8. The van der Waals surface area contributed by atoms with Crippen molar-refractivity contribution in [3.63, 3.8) is 0 Å². The van der Waals surface area contributed by atoms with Gasteiger partial charge < -0.3 is 9.73 Å². The zero-order valence-electron chi connectivity index (χ0n) is 16.4. The van der Waals surface area contributed by atoms with Crippen LogP contribution < -0.4 is 5.32 Å². The molecule has 30 heavy (non-hydrogen) atoms. The number of nitrogens with zero attached hydrogens (tertiary/aromatic N) is 4. The van der Waals surface area contributed by atoms with E-state index in [0.29, 0.717) is 21.3 Å². The minimum absolute atomic E-state index is 0.00513. The van der Waals surface area contributed by atoms with Gasteiger partial charge in [-0.25, -0.2) is 0 Å². The van der Waals surface area contributed by atoms with E-state index in [2.05, 4.69) is 51.7 Å². The summed E-state index contributed by atoms with van der Waals surface area (Å²) in [6.07, 6.45) is 0. The average molecular weight is 438 g/mol. The van der Waals surface area contributed by atoms with Crippen LogP contribution in [0.25, 0.3) is 11.5 Å². The number of nitrogens with one attached hydrogen (secondary N) is 1. The van der Waals surface area contributed by atoms with E-state index in [4.69, 9.17) is 4.42 Å². The first-order valence-electron chi connectivity index (χ1n) is 9.34. The van der Waals surface area contributed by atoms with Crippen molar-refractivity contribution in [1.82, 2.24) is 20.4 Å². The fourth-order valence-corrected chi connectivity index (χ4v) is 4.24. The van der Waals surface area contributed by atoms with Crippen molar-refractivity contribution >= 4 is 39.7 Å². The molecule has 2 heterocycles. The second kappa shape index (κ2) is 9.19. The summed E-state index contributed by atoms with van der Waals surface area (Å²) in [7, 11) is 0. The molecule has 0 fully saturated rings. The van der Waals surface area contributed by atoms with Crippen molar-refractivity contribution in [2.24, 2.45) is 0 Å². The first-order valence-corrected chi connectivity index (χ1v) is 11.1. The monoisotopic (exact) mass is 437 g/mol. The van der Waals surface area contributed by atoms with E-state index < -0.39 is 0 Å². The van der Waals surface area contributed by atoms with E-state index in [9.17, 15) is 4.79 Å². The molecule has 1 N–H and O–H groups in total. The molecule has 2 aromatic heterocycles. The Balaban J connectivity index is 1.33. The number of Topliss-reactive ketones (excluding diaryl/α,β-unsaturated/α-hetero) is 1. The summed E-state index contributed by atoms with van der Waals surface area (Å²) in [5, 5.41) is 20.0. The largest absolute Gasteiger partial charge is 0.414 e. The van der Waals surface area contributed by atoms with Crippen molar-refractivity contribution in [1.29, 1.82) is 0 Å². The van der Waals surface area contributed by atoms with Crippen molar-refractivity contribution in [2.75, 3.05) is 11.1 Å². The molecular formula is C21H19N5O2S2. The number of carbonyl (C=O) groups excluding carboxylic acids is 1. The maximum atomic E-state index is 12.4. The van der Waals surface area contributed by atoms with E-state index in [0.717, 1.165) is 11.3 Å². The van der Waals surface area contributed by atoms with Gasteiger partial charge in [0.05, 0.1) is 5.75 Å². The molecule has 0 spiro atoms. The Bertz CT molecular complexity index is 1120. The van der Waals surface area contributed by atoms with Gasteiger partial charge in [-0.05, 0) is 35.7 Å². The molecule has 0 bridgehead atoms. The first-order chi connectivity index (χ1) is 14.6. The summed E-state index contributed by atoms with van der Waals surface area (Å²) in [6.45, 7) is 4.32. The number of ketones is 1. The van der Waals surface area contributed by atoms with Gasteiger partial charge in [-0.3, -0.25) is 4.79 Å². The van der Waals surface area contributed by atoms with Gasteiger partial charge >= 0.3 is 0 Å². The summed E-state index contributed by atoms with van der Waals surface area (Å²) in [5.41, 5.74) is 3.00. The smallest absolute Gasteiger partial charge is 0.285 e. The third kappa shape index (κ3) is 4.92. The van der Waals surface area contributed by atoms with Crippen LogP contribution in [-0.2, 0) is 0 Å². The molecule has 0 atom stereocenters. The molecule has 0 aliphatic heterocycles. The summed E-state index contributed by atoms with van der Waals surface area (Å²) in [5.74, 6) is 0.713. The Labute approximate surface area is 182 Å². The summed E-state index contributed by atoms with van der Waals surface area (Å²) in [4.78, 5) is 12.4. The molecule has 9 heteroatoms. The molecule has 7 nitrogen and oxygen atoms in total. The Morgan fingerprint density at radius 2 is 1.80 bits per heavy atom. The van der Waals surface area contributed by atoms with Crippen molar-refractivity contribution < 1.29 is 9.21 Å². The lowest BCUT2D eigenvalue weighted by Crippen LogP contribution is -2.02. The van der Waals surface area contributed by atoms with E-state index in [1.165, 1.54) is 28.7 Å². The van der Waals surface area contributed by atoms with Crippen molar-refractivity contribution in [2.45, 2.75) is 24.1 Å². The third-order valence-electron chi connectivity index (χ3n) is 4.25. The standard InChI is InChI=1S/C21H19N5O2S2/c1-13(2)14-8-10-16(11-9-14)22-20-25-26-21(30-20)29-12-17(27)19-24-23-18(28-19)15-6-4-3-5-7-15/h3-11,13H,12H2,1-2H3,(H,22,25). The predicted molar refractivity (Wildman–Crippen MR) is 119 cm³/mol. The molecule has 0 unspecified atom stereocenters. The molecule has 152 valence electrons. The van der Waals surface area contributed by atoms with Crippen LogP contribution in [0.3, 0.4) is 0 Å². The maximum Gasteiger partial charge on any atom is 0.285 e. The molecule has 2 aromatic carbocycles. The molecule has 4 aromatic rings. The van der Waals surface area contributed by atoms with Crippen LogP contribution in [0.1, 0.15) is 36.0 Å². The van der Waals surface area contributed by atoms with Crippen LogP contribution in [0.4, 0.5) is 10.8 Å². The first kappa shape index (κ1) is 20.2. The van der Waals surface area contributed by atoms with E-state index in [1.54, 1.807) is 0 Å². The van der Waals surface area contributed by atoms with Gasteiger partial charge in [0.2, 0.25) is 16.8 Å². The zero-order chi connectivity index (χ0) is 20.9. The topological polar surface area (TPSA) is 93.8 Å². The summed E-state index contributed by atoms with van der Waals surface area (Å²) < 4.78 is 6.19. The highest BCUT2D eigenvalue weighted by Gasteiger charge is 2.17. The van der Waals surface area contributed by atoms with Crippen LogP contribution in [-0.4, -0.2) is 31.9 Å². The number of thioether (sulfide) groups is 1. The number of hydrogen-bond acceptors (Lipinski definition) is 9. The number of hydrogen-bond donors (Lipinski definition) is 1. The molecule has 0 aliphatic carbocycles. The fraction of sp³-hybridized carbons (Fsp3) is 0.190. The van der Waals surface area contributed by atoms with E-state index in [-0.39, 0.29) is 17.4 Å². The van der Waals surface area contributed by atoms with Crippen molar-refractivity contribution in [3.8, 4) is 11.5 Å². The number of aromatic nitrogens is 4. The molecule has 4 rings (SSSR count). The highest BCUT2D eigenvalue weighted by Crippen LogP contribution is 2.29. The molecule has 0 saturated heterocycles. The van der Waals surface area contributed by atoms with Gasteiger partial charge in [0.1, 0.15) is 0 Å². The molecule has 0 saturated carbocycles. The lowest BCUT2D eigenvalue weighted by Gasteiger charge is -2.06. The lowest BCUT2D eigenvalue weighted by molar-refractivity contribution is 0.0986. The van der Waals surface area contributed by atoms with Gasteiger partial charge in [-0.1, -0.05) is 67.3 Å². The van der Waals surface area contributed by atoms with Gasteiger partial charge in [-0.2, -0.15) is 0 Å². The second-order valence-corrected chi connectivity index (χ2v) is 8.97. The maximum absolute atomic E-state index is 12.4. The minimum atomic E-state index is -0.247. The minimum Gasteiger partial charge on any atom is -0.414 e. The van der Waals surface area contributed by atoms with Crippen LogP contribution in [0.5, 0.6) is 0 Å². The molecule has 0 aliphatic rings. The van der Waals surface area contributed by atoms with Gasteiger partial charge in [-0.15, -0.1) is 20.4 Å². The molecule has 0 radical (unpaired) electrons. The number of carbonyl (C=O) groups is 1.